The third-order valence-electron chi connectivity index (χ3n) is 16.2. The SMILES string of the molecule is CCN(c1cc(-c2ccc(N3CCN(CCCOCCOCC(=O)N[C@H](C(=O)N4C[C@H](O)C[C@H]4C(=O)N[C@@H](C)c4ccc(-c5scnc5C)cc4)C(C)(C)C)CC3)cc2)cc(C(=O)NCc2c(C)cc(C)[nH]c2=O)c1C)C1CCOCC1. The van der Waals surface area contributed by atoms with Crippen LogP contribution in [-0.4, -0.2) is 158 Å². The van der Waals surface area contributed by atoms with Crippen LogP contribution < -0.4 is 31.3 Å². The predicted octanol–water partition coefficient (Wildman–Crippen LogP) is 7.25. The van der Waals surface area contributed by atoms with E-state index in [9.17, 15) is 29.1 Å². The molecule has 3 fully saturated rings. The maximum absolute atomic E-state index is 14.1. The zero-order valence-electron chi connectivity index (χ0n) is 49.4. The largest absolute Gasteiger partial charge is 0.391 e. The van der Waals surface area contributed by atoms with Gasteiger partial charge >= 0.3 is 0 Å². The number of hydrogen-bond acceptors (Lipinski definition) is 14. The van der Waals surface area contributed by atoms with Gasteiger partial charge in [-0.05, 0) is 130 Å². The number of piperazine rings is 1. The average Bonchev–Trinajstić information content (AvgIpc) is 4.19. The lowest BCUT2D eigenvalue weighted by molar-refractivity contribution is -0.144. The maximum Gasteiger partial charge on any atom is 0.253 e. The van der Waals surface area contributed by atoms with Gasteiger partial charge in [-0.1, -0.05) is 57.2 Å². The van der Waals surface area contributed by atoms with Gasteiger partial charge in [0.25, 0.3) is 11.5 Å². The van der Waals surface area contributed by atoms with Crippen LogP contribution in [0, 0.1) is 33.1 Å². The van der Waals surface area contributed by atoms with Gasteiger partial charge in [-0.2, -0.15) is 0 Å². The van der Waals surface area contributed by atoms with E-state index in [1.54, 1.807) is 11.3 Å². The van der Waals surface area contributed by atoms with Crippen LogP contribution in [0.15, 0.2) is 77.0 Å². The summed E-state index contributed by atoms with van der Waals surface area (Å²) in [6.45, 7) is 25.0. The fraction of sp³-hybridized carbons (Fsp3) is 0.524. The summed E-state index contributed by atoms with van der Waals surface area (Å²) in [7, 11) is 0. The van der Waals surface area contributed by atoms with Gasteiger partial charge in [0.15, 0.2) is 0 Å². The minimum atomic E-state index is -0.964. The number of hydrogen-bond donors (Lipinski definition) is 5. The number of aromatic amines is 1. The zero-order valence-corrected chi connectivity index (χ0v) is 50.2. The number of ether oxygens (including phenoxy) is 3. The molecule has 0 unspecified atom stereocenters. The van der Waals surface area contributed by atoms with Crippen LogP contribution in [-0.2, 0) is 35.1 Å². The van der Waals surface area contributed by atoms with E-state index < -0.39 is 35.4 Å². The van der Waals surface area contributed by atoms with E-state index in [0.29, 0.717) is 43.6 Å². The third-order valence-corrected chi connectivity index (χ3v) is 17.2. The van der Waals surface area contributed by atoms with Crippen molar-refractivity contribution in [2.75, 3.05) is 95.3 Å². The number of anilines is 2. The molecule has 5 N–H and O–H groups in total. The van der Waals surface area contributed by atoms with E-state index in [1.165, 1.54) is 4.90 Å². The number of pyridine rings is 1. The zero-order chi connectivity index (χ0) is 58.7. The number of benzene rings is 3. The van der Waals surface area contributed by atoms with E-state index in [4.69, 9.17) is 14.2 Å². The van der Waals surface area contributed by atoms with Gasteiger partial charge < -0.3 is 55.0 Å². The molecule has 3 aromatic carbocycles. The molecule has 2 aromatic heterocycles. The second kappa shape index (κ2) is 28.2. The van der Waals surface area contributed by atoms with Crippen molar-refractivity contribution >= 4 is 46.3 Å². The lowest BCUT2D eigenvalue weighted by atomic mass is 9.85. The summed E-state index contributed by atoms with van der Waals surface area (Å²) in [5.41, 5.74) is 11.7. The van der Waals surface area contributed by atoms with Crippen molar-refractivity contribution in [2.45, 2.75) is 125 Å². The highest BCUT2D eigenvalue weighted by molar-refractivity contribution is 7.13. The highest BCUT2D eigenvalue weighted by atomic mass is 32.1. The number of β-amino-alcohol motifs (C(OH)–C–C–N with tert-alkyl or cyclic N) is 1. The van der Waals surface area contributed by atoms with Gasteiger partial charge in [-0.15, -0.1) is 11.3 Å². The van der Waals surface area contributed by atoms with E-state index in [-0.39, 0.29) is 56.1 Å². The molecule has 82 heavy (non-hydrogen) atoms. The number of aromatic nitrogens is 2. The number of likely N-dealkylation sites (tertiary alicyclic amines) is 1. The van der Waals surface area contributed by atoms with Crippen molar-refractivity contribution in [2.24, 2.45) is 5.41 Å². The molecule has 4 atom stereocenters. The smallest absolute Gasteiger partial charge is 0.253 e. The van der Waals surface area contributed by atoms with Crippen LogP contribution in [0.25, 0.3) is 21.6 Å². The number of carbonyl (C=O) groups excluding carboxylic acids is 4. The molecule has 3 aliphatic heterocycles. The second-order valence-corrected chi connectivity index (χ2v) is 24.1. The van der Waals surface area contributed by atoms with Crippen LogP contribution >= 0.6 is 11.3 Å². The molecule has 0 bridgehead atoms. The minimum absolute atomic E-state index is 0.0160. The van der Waals surface area contributed by atoms with E-state index in [2.05, 4.69) is 77.9 Å². The predicted molar refractivity (Wildman–Crippen MR) is 322 cm³/mol. The van der Waals surface area contributed by atoms with Crippen LogP contribution in [0.3, 0.4) is 0 Å². The number of nitrogens with zero attached hydrogens (tertiary/aromatic N) is 5. The summed E-state index contributed by atoms with van der Waals surface area (Å²) in [6.07, 6.45) is 1.90. The molecule has 19 heteroatoms. The molecule has 0 saturated carbocycles. The first-order valence-electron chi connectivity index (χ1n) is 29.1. The Hall–Kier alpha value is -6.48. The summed E-state index contributed by atoms with van der Waals surface area (Å²) in [5.74, 6) is -1.47. The van der Waals surface area contributed by atoms with Crippen molar-refractivity contribution in [3.63, 3.8) is 0 Å². The number of aliphatic hydroxyl groups is 1. The Labute approximate surface area is 487 Å². The fourth-order valence-electron chi connectivity index (χ4n) is 11.5. The van der Waals surface area contributed by atoms with Crippen LogP contribution in [0.2, 0.25) is 0 Å². The third kappa shape index (κ3) is 15.6. The first kappa shape index (κ1) is 61.6. The molecule has 3 saturated heterocycles. The first-order valence-corrected chi connectivity index (χ1v) is 30.0. The van der Waals surface area contributed by atoms with Crippen molar-refractivity contribution in [1.82, 2.24) is 35.7 Å². The number of nitrogens with one attached hydrogen (secondary N) is 4. The number of amides is 4. The Bertz CT molecular complexity index is 3030. The van der Waals surface area contributed by atoms with Gasteiger partial charge in [0.2, 0.25) is 17.7 Å². The van der Waals surface area contributed by atoms with Gasteiger partial charge in [-0.25, -0.2) is 4.98 Å². The quantitative estimate of drug-likeness (QED) is 0.0409. The van der Waals surface area contributed by atoms with Crippen molar-refractivity contribution in [3.05, 3.63) is 122 Å². The van der Waals surface area contributed by atoms with Crippen molar-refractivity contribution in [3.8, 4) is 21.6 Å². The Morgan fingerprint density at radius 3 is 2.24 bits per heavy atom. The summed E-state index contributed by atoms with van der Waals surface area (Å²) in [6, 6.07) is 20.8. The molecular weight excluding hydrogens is 1060 g/mol. The molecule has 18 nitrogen and oxygen atoms in total. The number of thiazole rings is 1. The summed E-state index contributed by atoms with van der Waals surface area (Å²) < 4.78 is 17.3. The number of aliphatic hydroxyl groups excluding tert-OH is 1. The van der Waals surface area contributed by atoms with E-state index >= 15 is 0 Å². The number of aryl methyl sites for hydroxylation is 3. The first-order chi connectivity index (χ1) is 39.3. The summed E-state index contributed by atoms with van der Waals surface area (Å²) in [4.78, 5) is 84.9. The van der Waals surface area contributed by atoms with Crippen LogP contribution in [0.5, 0.6) is 0 Å². The Balaban J connectivity index is 0.760. The standard InChI is InChI=1S/C63H85N9O9S/c1-10-71(50-20-28-80-29-21-50)54-34-48(33-52(42(54)4)59(75)64-36-53-40(2)32-41(3)66-60(53)76)46-16-18-49(19-17-46)70-25-23-69(24-26-70)22-11-27-79-30-31-81-38-56(74)68-58(63(7,8)9)62(78)72-37-51(73)35-55(72)61(77)67-43(5)45-12-14-47(15-13-45)57-44(6)65-39-82-57/h12-19,32-34,39,43,50-51,55,58,73H,10-11,20-31,35-38H2,1-9H3,(H,64,75)(H,66,76)(H,67,77)(H,68,74)/t43-,51+,55-,58+/m0/s1. The van der Waals surface area contributed by atoms with E-state index in [1.807, 2.05) is 97.3 Å². The molecule has 5 aromatic rings. The normalized spacial score (nSPS) is 17.8. The Morgan fingerprint density at radius 1 is 0.890 bits per heavy atom. The topological polar surface area (TPSA) is 211 Å². The lowest BCUT2D eigenvalue weighted by Gasteiger charge is -2.37. The summed E-state index contributed by atoms with van der Waals surface area (Å²) >= 11 is 1.58. The highest BCUT2D eigenvalue weighted by Gasteiger charge is 2.45. The average molecular weight is 1140 g/mol. The van der Waals surface area contributed by atoms with E-state index in [0.717, 1.165) is 120 Å². The highest BCUT2D eigenvalue weighted by Crippen LogP contribution is 2.36. The van der Waals surface area contributed by atoms with Crippen molar-refractivity contribution < 1.29 is 38.5 Å². The number of H-pyrrole nitrogens is 1. The number of rotatable bonds is 23. The second-order valence-electron chi connectivity index (χ2n) is 23.2. The molecule has 442 valence electrons. The molecule has 5 heterocycles. The molecule has 8 rings (SSSR count). The minimum Gasteiger partial charge on any atom is -0.391 e. The monoisotopic (exact) mass is 1140 g/mol. The number of carbonyl (C=O) groups is 4. The van der Waals surface area contributed by atoms with Crippen LogP contribution in [0.4, 0.5) is 11.4 Å². The molecule has 0 aliphatic carbocycles. The Kier molecular flexibility index (Phi) is 21.2. The van der Waals surface area contributed by atoms with Gasteiger partial charge in [-0.3, -0.25) is 28.9 Å². The van der Waals surface area contributed by atoms with Crippen molar-refractivity contribution in [1.29, 1.82) is 0 Å². The van der Waals surface area contributed by atoms with Gasteiger partial charge in [0.05, 0.1) is 41.4 Å². The fourth-order valence-corrected chi connectivity index (χ4v) is 12.3. The molecule has 0 spiro atoms. The summed E-state index contributed by atoms with van der Waals surface area (Å²) in [5, 5.41) is 19.6. The Morgan fingerprint density at radius 2 is 1.59 bits per heavy atom. The molecule has 0 radical (unpaired) electrons. The van der Waals surface area contributed by atoms with Gasteiger partial charge in [0.1, 0.15) is 18.7 Å². The van der Waals surface area contributed by atoms with Crippen LogP contribution in [0.1, 0.15) is 110 Å². The molecule has 3 aliphatic rings. The van der Waals surface area contributed by atoms with Gasteiger partial charge in [0, 0.05) is 113 Å². The maximum atomic E-state index is 14.1. The molecule has 4 amide bonds. The molecular formula is C63H85N9O9S. The lowest BCUT2D eigenvalue weighted by Crippen LogP contribution is -2.58.